The highest BCUT2D eigenvalue weighted by Gasteiger charge is 2.23. The molecule has 98 valence electrons. The van der Waals surface area contributed by atoms with Crippen LogP contribution in [0.5, 0.6) is 5.75 Å². The lowest BCUT2D eigenvalue weighted by atomic mass is 9.95. The van der Waals surface area contributed by atoms with Gasteiger partial charge in [0, 0.05) is 4.47 Å². The minimum atomic E-state index is -1.14. The second-order valence-corrected chi connectivity index (χ2v) is 4.88. The Kier molecular flexibility index (Phi) is 4.51. The third-order valence-corrected chi connectivity index (χ3v) is 4.15. The zero-order valence-corrected chi connectivity index (χ0v) is 12.3. The Morgan fingerprint density at radius 2 is 1.72 bits per heavy atom. The number of carboxylic acid groups (broad SMARTS) is 1. The number of Topliss-reactive ketones (excluding diaryl/α,β-unsaturated/α-hetero) is 1. The molecule has 0 aliphatic carbocycles. The molecule has 0 fully saturated rings. The summed E-state index contributed by atoms with van der Waals surface area (Å²) in [5.41, 5.74) is 2.87. The highest BCUT2D eigenvalue weighted by Crippen LogP contribution is 2.36. The fraction of sp³-hybridized carbons (Fsp3) is 0.385. The maximum Gasteiger partial charge on any atom is 0.311 e. The number of ether oxygens (including phenoxy) is 1. The molecule has 0 spiro atoms. The summed E-state index contributed by atoms with van der Waals surface area (Å²) in [6, 6.07) is 0. The predicted octanol–water partition coefficient (Wildman–Crippen LogP) is 3.04. The van der Waals surface area contributed by atoms with Crippen molar-refractivity contribution >= 4 is 27.7 Å². The zero-order chi connectivity index (χ0) is 14.0. The molecule has 18 heavy (non-hydrogen) atoms. The van der Waals surface area contributed by atoms with Crippen molar-refractivity contribution < 1.29 is 19.4 Å². The van der Waals surface area contributed by atoms with E-state index in [2.05, 4.69) is 15.9 Å². The second-order valence-electron chi connectivity index (χ2n) is 4.09. The Bertz CT molecular complexity index is 520. The number of hydrogen-bond acceptors (Lipinski definition) is 3. The lowest BCUT2D eigenvalue weighted by Crippen LogP contribution is -2.12. The van der Waals surface area contributed by atoms with Gasteiger partial charge in [-0.1, -0.05) is 15.9 Å². The molecule has 0 unspecified atom stereocenters. The number of aliphatic carboxylic acids is 1. The van der Waals surface area contributed by atoms with Crippen LogP contribution in [0.2, 0.25) is 0 Å². The first-order valence-electron chi connectivity index (χ1n) is 5.39. The monoisotopic (exact) mass is 314 g/mol. The Balaban J connectivity index is 3.51. The van der Waals surface area contributed by atoms with Crippen LogP contribution in [0.4, 0.5) is 0 Å². The number of carbonyl (C=O) groups excluding carboxylic acids is 1. The highest BCUT2D eigenvalue weighted by atomic mass is 79.9. The standard InChI is InChI=1S/C13H15BrO4/c1-6-7(2)13(18-4)11(8(3)12(6)14)9(15)5-10(16)17/h5H2,1-4H3,(H,16,17). The molecule has 4 nitrogen and oxygen atoms in total. The van der Waals surface area contributed by atoms with Gasteiger partial charge in [0.05, 0.1) is 12.7 Å². The first-order chi connectivity index (χ1) is 8.31. The average molecular weight is 315 g/mol. The van der Waals surface area contributed by atoms with E-state index in [-0.39, 0.29) is 0 Å². The highest BCUT2D eigenvalue weighted by molar-refractivity contribution is 9.10. The summed E-state index contributed by atoms with van der Waals surface area (Å²) in [4.78, 5) is 22.6. The van der Waals surface area contributed by atoms with Crippen molar-refractivity contribution in [2.45, 2.75) is 27.2 Å². The molecule has 0 bridgehead atoms. The number of hydrogen-bond donors (Lipinski definition) is 1. The van der Waals surface area contributed by atoms with E-state index >= 15 is 0 Å². The summed E-state index contributed by atoms with van der Waals surface area (Å²) in [6.07, 6.45) is -0.536. The van der Waals surface area contributed by atoms with Gasteiger partial charge < -0.3 is 9.84 Å². The predicted molar refractivity (Wildman–Crippen MR) is 71.5 cm³/mol. The molecule has 5 heteroatoms. The number of methoxy groups -OCH3 is 1. The number of carbonyl (C=O) groups is 2. The first-order valence-corrected chi connectivity index (χ1v) is 6.18. The fourth-order valence-corrected chi connectivity index (χ4v) is 2.40. The van der Waals surface area contributed by atoms with E-state index in [9.17, 15) is 9.59 Å². The first kappa shape index (κ1) is 14.7. The maximum absolute atomic E-state index is 12.0. The van der Waals surface area contributed by atoms with Crippen LogP contribution in [0.3, 0.4) is 0 Å². The van der Waals surface area contributed by atoms with Crippen LogP contribution in [0.25, 0.3) is 0 Å². The summed E-state index contributed by atoms with van der Waals surface area (Å²) < 4.78 is 6.08. The van der Waals surface area contributed by atoms with Crippen molar-refractivity contribution in [2.24, 2.45) is 0 Å². The van der Waals surface area contributed by atoms with Crippen molar-refractivity contribution in [3.05, 3.63) is 26.7 Å². The van der Waals surface area contributed by atoms with Gasteiger partial charge in [-0.25, -0.2) is 0 Å². The topological polar surface area (TPSA) is 63.6 Å². The second kappa shape index (κ2) is 5.52. The molecule has 0 saturated heterocycles. The minimum Gasteiger partial charge on any atom is -0.496 e. The van der Waals surface area contributed by atoms with E-state index in [0.29, 0.717) is 16.9 Å². The zero-order valence-electron chi connectivity index (χ0n) is 10.8. The quantitative estimate of drug-likeness (QED) is 0.685. The van der Waals surface area contributed by atoms with Gasteiger partial charge in [-0.05, 0) is 37.5 Å². The van der Waals surface area contributed by atoms with Crippen LogP contribution < -0.4 is 4.74 Å². The van der Waals surface area contributed by atoms with E-state index in [1.165, 1.54) is 7.11 Å². The Labute approximate surface area is 114 Å². The van der Waals surface area contributed by atoms with Gasteiger partial charge in [-0.2, -0.15) is 0 Å². The van der Waals surface area contributed by atoms with E-state index in [0.717, 1.165) is 15.6 Å². The summed E-state index contributed by atoms with van der Waals surface area (Å²) in [5.74, 6) is -1.13. The largest absolute Gasteiger partial charge is 0.496 e. The van der Waals surface area contributed by atoms with Gasteiger partial charge in [0.1, 0.15) is 12.2 Å². The van der Waals surface area contributed by atoms with E-state index in [1.54, 1.807) is 6.92 Å². The van der Waals surface area contributed by atoms with Crippen molar-refractivity contribution in [1.29, 1.82) is 0 Å². The van der Waals surface area contributed by atoms with Gasteiger partial charge in [0.25, 0.3) is 0 Å². The minimum absolute atomic E-state index is 0.342. The van der Waals surface area contributed by atoms with Crippen LogP contribution >= 0.6 is 15.9 Å². The molecule has 0 amide bonds. The van der Waals surface area contributed by atoms with Crippen molar-refractivity contribution in [3.63, 3.8) is 0 Å². The molecule has 1 N–H and O–H groups in total. The number of ketones is 1. The Morgan fingerprint density at radius 1 is 1.17 bits per heavy atom. The molecular weight excluding hydrogens is 300 g/mol. The number of halogens is 1. The normalized spacial score (nSPS) is 10.3. The Morgan fingerprint density at radius 3 is 2.17 bits per heavy atom. The number of carboxylic acids is 1. The Hall–Kier alpha value is -1.36. The third-order valence-electron chi connectivity index (χ3n) is 2.96. The van der Waals surface area contributed by atoms with Gasteiger partial charge in [0.2, 0.25) is 0 Å². The summed E-state index contributed by atoms with van der Waals surface area (Å²) in [5, 5.41) is 8.72. The average Bonchev–Trinajstić information content (AvgIpc) is 2.29. The third kappa shape index (κ3) is 2.56. The SMILES string of the molecule is COc1c(C)c(C)c(Br)c(C)c1C(=O)CC(=O)O. The molecule has 0 aliphatic heterocycles. The lowest BCUT2D eigenvalue weighted by Gasteiger charge is -2.17. The molecule has 0 radical (unpaired) electrons. The maximum atomic E-state index is 12.0. The molecule has 1 aromatic carbocycles. The molecule has 1 aromatic rings. The van der Waals surface area contributed by atoms with Crippen LogP contribution in [-0.2, 0) is 4.79 Å². The van der Waals surface area contributed by atoms with Gasteiger partial charge in [-0.15, -0.1) is 0 Å². The van der Waals surface area contributed by atoms with Crippen molar-refractivity contribution in [2.75, 3.05) is 7.11 Å². The van der Waals surface area contributed by atoms with Crippen LogP contribution in [-0.4, -0.2) is 24.0 Å². The lowest BCUT2D eigenvalue weighted by molar-refractivity contribution is -0.135. The van der Waals surface area contributed by atoms with Crippen molar-refractivity contribution in [3.8, 4) is 5.75 Å². The van der Waals surface area contributed by atoms with Gasteiger partial charge in [-0.3, -0.25) is 9.59 Å². The van der Waals surface area contributed by atoms with Crippen LogP contribution in [0, 0.1) is 20.8 Å². The molecule has 0 atom stereocenters. The molecule has 0 saturated carbocycles. The van der Waals surface area contributed by atoms with Gasteiger partial charge >= 0.3 is 5.97 Å². The summed E-state index contributed by atoms with van der Waals surface area (Å²) in [7, 11) is 1.48. The van der Waals surface area contributed by atoms with Crippen LogP contribution in [0.15, 0.2) is 4.47 Å². The smallest absolute Gasteiger partial charge is 0.311 e. The number of rotatable bonds is 4. The van der Waals surface area contributed by atoms with Crippen LogP contribution in [0.1, 0.15) is 33.5 Å². The molecule has 0 aliphatic rings. The van der Waals surface area contributed by atoms with Crippen molar-refractivity contribution in [1.82, 2.24) is 0 Å². The van der Waals surface area contributed by atoms with E-state index < -0.39 is 18.2 Å². The molecular formula is C13H15BrO4. The molecule has 1 rings (SSSR count). The fourth-order valence-electron chi connectivity index (χ4n) is 1.90. The van der Waals surface area contributed by atoms with E-state index in [4.69, 9.17) is 9.84 Å². The molecule has 0 heterocycles. The number of benzene rings is 1. The molecule has 0 aromatic heterocycles. The van der Waals surface area contributed by atoms with E-state index in [1.807, 2.05) is 13.8 Å². The van der Waals surface area contributed by atoms with Gasteiger partial charge in [0.15, 0.2) is 5.78 Å². The summed E-state index contributed by atoms with van der Waals surface area (Å²) in [6.45, 7) is 5.53. The summed E-state index contributed by atoms with van der Waals surface area (Å²) >= 11 is 3.42.